The van der Waals surface area contributed by atoms with Crippen LogP contribution in [0.25, 0.3) is 0 Å². The number of hydrogen-bond donors (Lipinski definition) is 0. The summed E-state index contributed by atoms with van der Waals surface area (Å²) >= 11 is 5.67. The molecule has 1 aliphatic rings. The van der Waals surface area contributed by atoms with E-state index in [4.69, 9.17) is 11.6 Å². The third kappa shape index (κ3) is 3.49. The average molecular weight is 294 g/mol. The lowest BCUT2D eigenvalue weighted by atomic mass is 9.91. The van der Waals surface area contributed by atoms with Crippen molar-refractivity contribution in [2.45, 2.75) is 37.9 Å². The quantitative estimate of drug-likeness (QED) is 0.778. The highest BCUT2D eigenvalue weighted by atomic mass is 35.5. The molecule has 0 unspecified atom stereocenters. The van der Waals surface area contributed by atoms with Crippen molar-refractivity contribution in [3.05, 3.63) is 17.8 Å². The van der Waals surface area contributed by atoms with Crippen molar-refractivity contribution >= 4 is 17.4 Å². The maximum absolute atomic E-state index is 12.4. The Morgan fingerprint density at radius 3 is 2.42 bits per heavy atom. The zero-order valence-corrected chi connectivity index (χ0v) is 11.1. The van der Waals surface area contributed by atoms with Crippen LogP contribution in [0.2, 0.25) is 0 Å². The molecule has 2 rings (SSSR count). The molecule has 0 amide bonds. The van der Waals surface area contributed by atoms with Gasteiger partial charge in [-0.3, -0.25) is 0 Å². The molecule has 1 aliphatic carbocycles. The summed E-state index contributed by atoms with van der Waals surface area (Å²) in [6.45, 7) is 0.703. The highest BCUT2D eigenvalue weighted by molar-refractivity contribution is 6.17. The minimum absolute atomic E-state index is 0.356. The maximum atomic E-state index is 12.4. The summed E-state index contributed by atoms with van der Waals surface area (Å²) in [6, 6.07) is 2.73. The zero-order chi connectivity index (χ0) is 13.9. The number of halogens is 4. The van der Waals surface area contributed by atoms with Crippen LogP contribution >= 0.6 is 11.6 Å². The summed E-state index contributed by atoms with van der Waals surface area (Å²) in [5, 5.41) is 6.98. The average Bonchev–Trinajstić information content (AvgIpc) is 2.31. The van der Waals surface area contributed by atoms with Crippen molar-refractivity contribution in [1.29, 1.82) is 0 Å². The smallest absolute Gasteiger partial charge is 0.352 e. The molecule has 3 nitrogen and oxygen atoms in total. The van der Waals surface area contributed by atoms with Gasteiger partial charge in [0.25, 0.3) is 0 Å². The summed E-state index contributed by atoms with van der Waals surface area (Å²) in [5.41, 5.74) is -0.956. The number of hydrogen-bond acceptors (Lipinski definition) is 3. The molecule has 1 heterocycles. The van der Waals surface area contributed by atoms with Crippen molar-refractivity contribution in [2.75, 3.05) is 17.3 Å². The van der Waals surface area contributed by atoms with Crippen LogP contribution in [0.1, 0.15) is 31.4 Å². The van der Waals surface area contributed by atoms with Crippen molar-refractivity contribution in [3.8, 4) is 0 Å². The molecule has 7 heteroatoms. The number of aromatic nitrogens is 2. The van der Waals surface area contributed by atoms with E-state index in [2.05, 4.69) is 10.2 Å². The molecular weight excluding hydrogens is 279 g/mol. The molecule has 106 valence electrons. The van der Waals surface area contributed by atoms with Gasteiger partial charge in [0.1, 0.15) is 0 Å². The van der Waals surface area contributed by atoms with E-state index in [0.717, 1.165) is 31.7 Å². The third-order valence-electron chi connectivity index (χ3n) is 3.28. The van der Waals surface area contributed by atoms with Crippen LogP contribution in [0.4, 0.5) is 19.0 Å². The molecule has 0 radical (unpaired) electrons. The van der Waals surface area contributed by atoms with Gasteiger partial charge in [0.05, 0.1) is 0 Å². The standard InChI is InChI=1S/C12H15ClF3N3/c13-7-2-8-19(9-3-1-4-9)11-6-5-10(17-18-11)12(14,15)16/h5-6,9H,1-4,7-8H2. The summed E-state index contributed by atoms with van der Waals surface area (Å²) in [6.07, 6.45) is -0.421. The first-order valence-electron chi connectivity index (χ1n) is 6.26. The number of anilines is 1. The largest absolute Gasteiger partial charge is 0.435 e. The van der Waals surface area contributed by atoms with Crippen LogP contribution in [0.15, 0.2) is 12.1 Å². The van der Waals surface area contributed by atoms with Crippen molar-refractivity contribution in [1.82, 2.24) is 10.2 Å². The van der Waals surface area contributed by atoms with Gasteiger partial charge in [-0.2, -0.15) is 13.2 Å². The van der Waals surface area contributed by atoms with E-state index in [9.17, 15) is 13.2 Å². The second-order valence-electron chi connectivity index (χ2n) is 4.60. The van der Waals surface area contributed by atoms with E-state index in [1.165, 1.54) is 6.07 Å². The molecule has 1 saturated carbocycles. The van der Waals surface area contributed by atoms with Gasteiger partial charge in [-0.1, -0.05) is 0 Å². The molecule has 0 saturated heterocycles. The first-order valence-corrected chi connectivity index (χ1v) is 6.79. The highest BCUT2D eigenvalue weighted by Crippen LogP contribution is 2.31. The summed E-state index contributed by atoms with van der Waals surface area (Å²) in [7, 11) is 0. The number of rotatable bonds is 5. The van der Waals surface area contributed by atoms with Gasteiger partial charge in [-0.05, 0) is 37.8 Å². The lowest BCUT2D eigenvalue weighted by Gasteiger charge is -2.38. The Balaban J connectivity index is 2.12. The molecule has 0 aromatic carbocycles. The van der Waals surface area contributed by atoms with Gasteiger partial charge in [-0.15, -0.1) is 21.8 Å². The van der Waals surface area contributed by atoms with Crippen LogP contribution in [-0.2, 0) is 6.18 Å². The second-order valence-corrected chi connectivity index (χ2v) is 4.97. The summed E-state index contributed by atoms with van der Waals surface area (Å²) in [4.78, 5) is 2.01. The molecular formula is C12H15ClF3N3. The zero-order valence-electron chi connectivity index (χ0n) is 10.3. The Kier molecular flexibility index (Phi) is 4.50. The minimum atomic E-state index is -4.44. The summed E-state index contributed by atoms with van der Waals surface area (Å²) in [5.74, 6) is 1.03. The first kappa shape index (κ1) is 14.4. The van der Waals surface area contributed by atoms with Gasteiger partial charge in [-0.25, -0.2) is 0 Å². The van der Waals surface area contributed by atoms with E-state index in [1.807, 2.05) is 4.90 Å². The van der Waals surface area contributed by atoms with Crippen LogP contribution in [0.5, 0.6) is 0 Å². The van der Waals surface area contributed by atoms with Crippen LogP contribution in [0, 0.1) is 0 Å². The second kappa shape index (κ2) is 5.94. The molecule has 19 heavy (non-hydrogen) atoms. The van der Waals surface area contributed by atoms with E-state index >= 15 is 0 Å². The Hall–Kier alpha value is -1.04. The predicted molar refractivity (Wildman–Crippen MR) is 67.4 cm³/mol. The van der Waals surface area contributed by atoms with E-state index in [1.54, 1.807) is 0 Å². The predicted octanol–water partition coefficient (Wildman–Crippen LogP) is 3.48. The Morgan fingerprint density at radius 2 is 2.00 bits per heavy atom. The number of alkyl halides is 4. The van der Waals surface area contributed by atoms with Crippen molar-refractivity contribution in [3.63, 3.8) is 0 Å². The fourth-order valence-corrected chi connectivity index (χ4v) is 2.16. The fourth-order valence-electron chi connectivity index (χ4n) is 2.04. The SMILES string of the molecule is FC(F)(F)c1ccc(N(CCCCl)C2CCC2)nn1. The van der Waals surface area contributed by atoms with Crippen LogP contribution in [0.3, 0.4) is 0 Å². The topological polar surface area (TPSA) is 29.0 Å². The van der Waals surface area contributed by atoms with E-state index in [-0.39, 0.29) is 0 Å². The minimum Gasteiger partial charge on any atom is -0.352 e. The lowest BCUT2D eigenvalue weighted by molar-refractivity contribution is -0.141. The highest BCUT2D eigenvalue weighted by Gasteiger charge is 2.33. The molecule has 0 N–H and O–H groups in total. The maximum Gasteiger partial charge on any atom is 0.435 e. The van der Waals surface area contributed by atoms with Gasteiger partial charge in [0, 0.05) is 18.5 Å². The van der Waals surface area contributed by atoms with Gasteiger partial charge >= 0.3 is 6.18 Å². The normalized spacial score (nSPS) is 16.2. The van der Waals surface area contributed by atoms with Crippen LogP contribution in [-0.4, -0.2) is 28.7 Å². The third-order valence-corrected chi connectivity index (χ3v) is 3.55. The molecule has 0 bridgehead atoms. The van der Waals surface area contributed by atoms with Crippen molar-refractivity contribution in [2.24, 2.45) is 0 Å². The van der Waals surface area contributed by atoms with Gasteiger partial charge in [0.2, 0.25) is 0 Å². The van der Waals surface area contributed by atoms with E-state index < -0.39 is 11.9 Å². The van der Waals surface area contributed by atoms with E-state index in [0.29, 0.717) is 24.3 Å². The molecule has 1 aromatic heterocycles. The Bertz CT molecular complexity index is 404. The monoisotopic (exact) mass is 293 g/mol. The Labute approximate surface area is 114 Å². The van der Waals surface area contributed by atoms with Gasteiger partial charge in [0.15, 0.2) is 11.5 Å². The molecule has 1 fully saturated rings. The molecule has 0 atom stereocenters. The first-order chi connectivity index (χ1) is 9.02. The summed E-state index contributed by atoms with van der Waals surface area (Å²) < 4.78 is 37.3. The van der Waals surface area contributed by atoms with Gasteiger partial charge < -0.3 is 4.90 Å². The van der Waals surface area contributed by atoms with Crippen LogP contribution < -0.4 is 4.90 Å². The number of nitrogens with zero attached hydrogens (tertiary/aromatic N) is 3. The fraction of sp³-hybridized carbons (Fsp3) is 0.667. The molecule has 0 aliphatic heterocycles. The Morgan fingerprint density at radius 1 is 1.26 bits per heavy atom. The molecule has 1 aromatic rings. The van der Waals surface area contributed by atoms with Crippen molar-refractivity contribution < 1.29 is 13.2 Å². The molecule has 0 spiro atoms. The lowest BCUT2D eigenvalue weighted by Crippen LogP contribution is -2.41.